The first kappa shape index (κ1) is 23.5. The predicted octanol–water partition coefficient (Wildman–Crippen LogP) is 3.88. The number of benzene rings is 2. The minimum atomic E-state index is -4.35. The van der Waals surface area contributed by atoms with Crippen molar-refractivity contribution in [1.82, 2.24) is 14.9 Å². The lowest BCUT2D eigenvalue weighted by molar-refractivity contribution is -0.176. The molecule has 0 atom stereocenters. The lowest BCUT2D eigenvalue weighted by atomic mass is 10.1. The third-order valence-corrected chi connectivity index (χ3v) is 4.91. The van der Waals surface area contributed by atoms with Crippen LogP contribution in [0.2, 0.25) is 0 Å². The summed E-state index contributed by atoms with van der Waals surface area (Å²) >= 11 is 0. The van der Waals surface area contributed by atoms with E-state index in [1.54, 1.807) is 30.3 Å². The van der Waals surface area contributed by atoms with E-state index in [4.69, 9.17) is 0 Å². The lowest BCUT2D eigenvalue weighted by Gasteiger charge is -2.09. The summed E-state index contributed by atoms with van der Waals surface area (Å²) < 4.78 is 42.4. The van der Waals surface area contributed by atoms with Gasteiger partial charge in [0.15, 0.2) is 0 Å². The van der Waals surface area contributed by atoms with Crippen molar-refractivity contribution in [3.05, 3.63) is 75.8 Å². The number of carbonyl (C=O) groups excluding carboxylic acids is 1. The summed E-state index contributed by atoms with van der Waals surface area (Å²) in [5.41, 5.74) is 2.94. The molecule has 2 aromatic carbocycles. The minimum Gasteiger partial charge on any atom is -0.367 e. The van der Waals surface area contributed by atoms with Gasteiger partial charge in [0.25, 0.3) is 5.56 Å². The molecule has 0 fully saturated rings. The van der Waals surface area contributed by atoms with Gasteiger partial charge in [-0.3, -0.25) is 14.2 Å². The molecule has 0 aliphatic rings. The first-order valence-corrected chi connectivity index (χ1v) is 10.2. The van der Waals surface area contributed by atoms with Gasteiger partial charge in [-0.05, 0) is 36.1 Å². The zero-order valence-corrected chi connectivity index (χ0v) is 17.6. The number of nitrogens with zero attached hydrogens (tertiary/aromatic N) is 2. The quantitative estimate of drug-likeness (QED) is 0.540. The Kier molecular flexibility index (Phi) is 7.63. The van der Waals surface area contributed by atoms with Gasteiger partial charge in [-0.2, -0.15) is 13.2 Å². The van der Waals surface area contributed by atoms with E-state index in [-0.39, 0.29) is 24.5 Å². The van der Waals surface area contributed by atoms with Crippen molar-refractivity contribution < 1.29 is 22.7 Å². The van der Waals surface area contributed by atoms with Gasteiger partial charge in [-0.15, -0.1) is 0 Å². The summed E-state index contributed by atoms with van der Waals surface area (Å²) in [4.78, 5) is 29.0. The molecule has 3 rings (SSSR count). The number of aromatic nitrogens is 2. The van der Waals surface area contributed by atoms with E-state index in [2.05, 4.69) is 15.0 Å². The monoisotopic (exact) mass is 447 g/mol. The third kappa shape index (κ3) is 6.65. The second kappa shape index (κ2) is 10.4. The largest absolute Gasteiger partial charge is 0.411 e. The van der Waals surface area contributed by atoms with Gasteiger partial charge in [0.2, 0.25) is 5.91 Å². The Labute approximate surface area is 183 Å². The van der Waals surface area contributed by atoms with Crippen LogP contribution in [0.25, 0.3) is 10.9 Å². The molecular weight excluding hydrogens is 423 g/mol. The SMILES string of the molecule is Cc1cccc2c(=O)n(CCCC(=O)NCc3ccc(COCC(F)(F)F)cc3)cnc12. The van der Waals surface area contributed by atoms with E-state index in [1.165, 1.54) is 10.9 Å². The van der Waals surface area contributed by atoms with Crippen molar-refractivity contribution in [2.75, 3.05) is 6.61 Å². The summed E-state index contributed by atoms with van der Waals surface area (Å²) in [5.74, 6) is -0.153. The summed E-state index contributed by atoms with van der Waals surface area (Å²) in [6, 6.07) is 12.3. The van der Waals surface area contributed by atoms with Crippen LogP contribution in [-0.4, -0.2) is 28.2 Å². The first-order chi connectivity index (χ1) is 15.2. The maximum atomic E-state index is 12.6. The van der Waals surface area contributed by atoms with E-state index in [0.717, 1.165) is 11.1 Å². The molecule has 170 valence electrons. The molecule has 0 saturated carbocycles. The van der Waals surface area contributed by atoms with Crippen LogP contribution >= 0.6 is 0 Å². The molecule has 0 radical (unpaired) electrons. The van der Waals surface area contributed by atoms with Crippen LogP contribution in [0.5, 0.6) is 0 Å². The number of aryl methyl sites for hydroxylation is 2. The van der Waals surface area contributed by atoms with Crippen LogP contribution in [-0.2, 0) is 29.2 Å². The second-order valence-corrected chi connectivity index (χ2v) is 7.52. The molecule has 0 bridgehead atoms. The number of alkyl halides is 3. The first-order valence-electron chi connectivity index (χ1n) is 10.2. The van der Waals surface area contributed by atoms with E-state index >= 15 is 0 Å². The Balaban J connectivity index is 1.42. The molecule has 1 aromatic heterocycles. The van der Waals surface area contributed by atoms with Crippen molar-refractivity contribution in [3.8, 4) is 0 Å². The average Bonchev–Trinajstić information content (AvgIpc) is 2.74. The number of fused-ring (bicyclic) bond motifs is 1. The summed E-state index contributed by atoms with van der Waals surface area (Å²) in [5, 5.41) is 3.36. The molecular formula is C23H24F3N3O3. The van der Waals surface area contributed by atoms with Crippen LogP contribution in [0.15, 0.2) is 53.6 Å². The summed E-state index contributed by atoms with van der Waals surface area (Å²) in [7, 11) is 0. The highest BCUT2D eigenvalue weighted by atomic mass is 19.4. The number of halogens is 3. The maximum absolute atomic E-state index is 12.6. The third-order valence-electron chi connectivity index (χ3n) is 4.91. The van der Waals surface area contributed by atoms with Gasteiger partial charge < -0.3 is 10.1 Å². The van der Waals surface area contributed by atoms with Gasteiger partial charge in [-0.1, -0.05) is 36.4 Å². The molecule has 0 aliphatic carbocycles. The minimum absolute atomic E-state index is 0.126. The lowest BCUT2D eigenvalue weighted by Crippen LogP contribution is -2.25. The van der Waals surface area contributed by atoms with E-state index in [9.17, 15) is 22.8 Å². The van der Waals surface area contributed by atoms with E-state index in [1.807, 2.05) is 19.1 Å². The summed E-state index contributed by atoms with van der Waals surface area (Å²) in [6.45, 7) is 1.17. The Morgan fingerprint density at radius 2 is 1.84 bits per heavy atom. The number of rotatable bonds is 9. The Morgan fingerprint density at radius 3 is 2.56 bits per heavy atom. The molecule has 3 aromatic rings. The van der Waals surface area contributed by atoms with Crippen LogP contribution < -0.4 is 10.9 Å². The maximum Gasteiger partial charge on any atom is 0.411 e. The number of hydrogen-bond donors (Lipinski definition) is 1. The van der Waals surface area contributed by atoms with Crippen LogP contribution in [0.4, 0.5) is 13.2 Å². The van der Waals surface area contributed by atoms with E-state index < -0.39 is 12.8 Å². The number of hydrogen-bond acceptors (Lipinski definition) is 4. The molecule has 1 N–H and O–H groups in total. The second-order valence-electron chi connectivity index (χ2n) is 7.52. The van der Waals surface area contributed by atoms with Crippen molar-refractivity contribution >= 4 is 16.8 Å². The number of para-hydroxylation sites is 1. The van der Waals surface area contributed by atoms with Gasteiger partial charge in [0, 0.05) is 19.5 Å². The zero-order valence-electron chi connectivity index (χ0n) is 17.6. The van der Waals surface area contributed by atoms with Gasteiger partial charge in [0.05, 0.1) is 23.8 Å². The summed E-state index contributed by atoms with van der Waals surface area (Å²) in [6.07, 6.45) is -2.10. The Bertz CT molecular complexity index is 1130. The average molecular weight is 447 g/mol. The highest BCUT2D eigenvalue weighted by Crippen LogP contribution is 2.16. The molecule has 0 spiro atoms. The van der Waals surface area contributed by atoms with Crippen molar-refractivity contribution in [3.63, 3.8) is 0 Å². The van der Waals surface area contributed by atoms with Crippen LogP contribution in [0, 0.1) is 6.92 Å². The molecule has 1 amide bonds. The normalized spacial score (nSPS) is 11.6. The van der Waals surface area contributed by atoms with Crippen LogP contribution in [0.3, 0.4) is 0 Å². The molecule has 1 heterocycles. The fourth-order valence-electron chi connectivity index (χ4n) is 3.23. The smallest absolute Gasteiger partial charge is 0.367 e. The number of nitrogens with one attached hydrogen (secondary N) is 1. The number of carbonyl (C=O) groups is 1. The standard InChI is InChI=1S/C23H24F3N3O3/c1-16-4-2-5-19-21(16)28-15-29(22(19)31)11-3-6-20(30)27-12-17-7-9-18(10-8-17)13-32-14-23(24,25)26/h2,4-5,7-10,15H,3,6,11-14H2,1H3,(H,27,30). The fraction of sp³-hybridized carbons (Fsp3) is 0.348. The van der Waals surface area contributed by atoms with Gasteiger partial charge in [0.1, 0.15) is 6.61 Å². The number of ether oxygens (including phenoxy) is 1. The van der Waals surface area contributed by atoms with Crippen molar-refractivity contribution in [1.29, 1.82) is 0 Å². The van der Waals surface area contributed by atoms with Crippen molar-refractivity contribution in [2.24, 2.45) is 0 Å². The molecule has 9 heteroatoms. The highest BCUT2D eigenvalue weighted by Gasteiger charge is 2.27. The van der Waals surface area contributed by atoms with Crippen molar-refractivity contribution in [2.45, 2.75) is 45.6 Å². The Morgan fingerprint density at radius 1 is 1.12 bits per heavy atom. The molecule has 0 saturated heterocycles. The fourth-order valence-corrected chi connectivity index (χ4v) is 3.23. The highest BCUT2D eigenvalue weighted by molar-refractivity contribution is 5.80. The van der Waals surface area contributed by atoms with Gasteiger partial charge >= 0.3 is 6.18 Å². The molecule has 32 heavy (non-hydrogen) atoms. The van der Waals surface area contributed by atoms with E-state index in [0.29, 0.717) is 36.0 Å². The predicted molar refractivity (Wildman–Crippen MR) is 114 cm³/mol. The number of amides is 1. The van der Waals surface area contributed by atoms with Gasteiger partial charge in [-0.25, -0.2) is 4.98 Å². The molecule has 0 unspecified atom stereocenters. The Hall–Kier alpha value is -3.20. The topological polar surface area (TPSA) is 73.2 Å². The zero-order chi connectivity index (χ0) is 23.1. The molecule has 6 nitrogen and oxygen atoms in total. The molecule has 0 aliphatic heterocycles. The van der Waals surface area contributed by atoms with Crippen LogP contribution in [0.1, 0.15) is 29.5 Å².